The van der Waals surface area contributed by atoms with Gasteiger partial charge in [0.05, 0.1) is 9.92 Å². The van der Waals surface area contributed by atoms with Crippen LogP contribution in [0.25, 0.3) is 10.9 Å². The second kappa shape index (κ2) is 9.01. The highest BCUT2D eigenvalue weighted by molar-refractivity contribution is 7.89. The van der Waals surface area contributed by atoms with Crippen LogP contribution in [0.5, 0.6) is 0 Å². The zero-order valence-electron chi connectivity index (χ0n) is 18.4. The zero-order chi connectivity index (χ0) is 23.9. The number of hydrogen-bond donors (Lipinski definition) is 1. The molecule has 9 nitrogen and oxygen atoms in total. The summed E-state index contributed by atoms with van der Waals surface area (Å²) in [5.74, 6) is -0.548. The third-order valence-corrected chi connectivity index (χ3v) is 8.75. The molecule has 0 aliphatic carbocycles. The molecule has 0 bridgehead atoms. The van der Waals surface area contributed by atoms with Crippen LogP contribution in [-0.2, 0) is 19.6 Å². The fourth-order valence-corrected chi connectivity index (χ4v) is 6.30. The highest BCUT2D eigenvalue weighted by Gasteiger charge is 2.36. The Labute approximate surface area is 202 Å². The number of anilines is 1. The second-order valence-corrected chi connectivity index (χ2v) is 10.9. The molecular weight excluding hydrogens is 478 g/mol. The van der Waals surface area contributed by atoms with Crippen molar-refractivity contribution in [3.63, 3.8) is 0 Å². The summed E-state index contributed by atoms with van der Waals surface area (Å²) in [5, 5.41) is 1.30. The molecule has 2 amide bonds. The van der Waals surface area contributed by atoms with E-state index in [2.05, 4.69) is 9.97 Å². The van der Waals surface area contributed by atoms with Crippen LogP contribution < -0.4 is 4.90 Å². The average Bonchev–Trinajstić information content (AvgIpc) is 3.24. The van der Waals surface area contributed by atoms with Gasteiger partial charge < -0.3 is 14.8 Å². The van der Waals surface area contributed by atoms with Crippen molar-refractivity contribution in [3.8, 4) is 0 Å². The summed E-state index contributed by atoms with van der Waals surface area (Å²) in [7, 11) is -3.70. The molecule has 1 aromatic carbocycles. The number of nitrogens with one attached hydrogen (secondary N) is 1. The molecule has 4 heterocycles. The van der Waals surface area contributed by atoms with E-state index in [1.54, 1.807) is 58.7 Å². The maximum Gasteiger partial charge on any atom is 0.243 e. The minimum Gasteiger partial charge on any atom is -0.360 e. The van der Waals surface area contributed by atoms with Gasteiger partial charge in [-0.05, 0) is 36.8 Å². The Balaban J connectivity index is 1.21. The van der Waals surface area contributed by atoms with Gasteiger partial charge in [-0.15, -0.1) is 0 Å². The van der Waals surface area contributed by atoms with Crippen LogP contribution in [0.4, 0.5) is 5.69 Å². The number of piperidine rings is 1. The van der Waals surface area contributed by atoms with Gasteiger partial charge in [0.15, 0.2) is 0 Å². The van der Waals surface area contributed by atoms with Gasteiger partial charge in [0.1, 0.15) is 0 Å². The lowest BCUT2D eigenvalue weighted by Crippen LogP contribution is -2.53. The number of aromatic amines is 1. The Morgan fingerprint density at radius 3 is 2.50 bits per heavy atom. The molecule has 2 aromatic heterocycles. The number of pyridine rings is 1. The lowest BCUT2D eigenvalue weighted by molar-refractivity contribution is -0.140. The Morgan fingerprint density at radius 1 is 1.06 bits per heavy atom. The first-order chi connectivity index (χ1) is 16.3. The molecule has 0 spiro atoms. The highest BCUT2D eigenvalue weighted by Crippen LogP contribution is 2.28. The largest absolute Gasteiger partial charge is 0.360 e. The number of piperazine rings is 1. The van der Waals surface area contributed by atoms with Crippen molar-refractivity contribution >= 4 is 50.0 Å². The lowest BCUT2D eigenvalue weighted by atomic mass is 9.94. The van der Waals surface area contributed by atoms with Gasteiger partial charge in [-0.3, -0.25) is 14.6 Å². The zero-order valence-corrected chi connectivity index (χ0v) is 19.9. The minimum atomic E-state index is -3.70. The highest BCUT2D eigenvalue weighted by atomic mass is 35.5. The maximum atomic E-state index is 13.2. The summed E-state index contributed by atoms with van der Waals surface area (Å²) in [6, 6.07) is 8.38. The summed E-state index contributed by atoms with van der Waals surface area (Å²) < 4.78 is 27.7. The maximum absolute atomic E-state index is 13.2. The quantitative estimate of drug-likeness (QED) is 0.591. The molecule has 0 saturated carbocycles. The second-order valence-electron chi connectivity index (χ2n) is 8.51. The van der Waals surface area contributed by atoms with Crippen molar-refractivity contribution in [2.45, 2.75) is 17.7 Å². The summed E-state index contributed by atoms with van der Waals surface area (Å²) in [6.07, 6.45) is 5.62. The third-order valence-electron chi connectivity index (χ3n) is 6.54. The van der Waals surface area contributed by atoms with Crippen LogP contribution >= 0.6 is 11.6 Å². The summed E-state index contributed by atoms with van der Waals surface area (Å²) >= 11 is 6.09. The fourth-order valence-electron chi connectivity index (χ4n) is 4.63. The predicted octanol–water partition coefficient (Wildman–Crippen LogP) is 2.49. The molecule has 2 aliphatic heterocycles. The van der Waals surface area contributed by atoms with Crippen LogP contribution in [-0.4, -0.2) is 72.1 Å². The first kappa shape index (κ1) is 22.8. The van der Waals surface area contributed by atoms with Gasteiger partial charge in [-0.1, -0.05) is 11.6 Å². The first-order valence-corrected chi connectivity index (χ1v) is 12.9. The van der Waals surface area contributed by atoms with E-state index in [1.165, 1.54) is 4.31 Å². The van der Waals surface area contributed by atoms with Crippen LogP contribution in [0.2, 0.25) is 5.02 Å². The van der Waals surface area contributed by atoms with Gasteiger partial charge in [0.25, 0.3) is 0 Å². The van der Waals surface area contributed by atoms with Crippen molar-refractivity contribution in [2.75, 3.05) is 37.6 Å². The summed E-state index contributed by atoms with van der Waals surface area (Å²) in [6.45, 7) is 1.49. The molecule has 34 heavy (non-hydrogen) atoms. The molecule has 0 unspecified atom stereocenters. The molecule has 2 aliphatic rings. The molecule has 1 N–H and O–H groups in total. The summed E-state index contributed by atoms with van der Waals surface area (Å²) in [4.78, 5) is 36.2. The number of hydrogen-bond acceptors (Lipinski definition) is 5. The van der Waals surface area contributed by atoms with Gasteiger partial charge in [0, 0.05) is 80.2 Å². The minimum absolute atomic E-state index is 0.0813. The fraction of sp³-hybridized carbons (Fsp3) is 0.348. The van der Waals surface area contributed by atoms with E-state index in [9.17, 15) is 18.0 Å². The average molecular weight is 502 g/mol. The lowest BCUT2D eigenvalue weighted by Gasteiger charge is -2.38. The third kappa shape index (κ3) is 4.17. The Hall–Kier alpha value is -2.95. The Kier molecular flexibility index (Phi) is 6.05. The number of halogens is 1. The molecule has 2 saturated heterocycles. The van der Waals surface area contributed by atoms with Crippen molar-refractivity contribution in [1.29, 1.82) is 0 Å². The number of nitrogens with zero attached hydrogens (tertiary/aromatic N) is 4. The topological polar surface area (TPSA) is 107 Å². The van der Waals surface area contributed by atoms with Crippen molar-refractivity contribution in [3.05, 3.63) is 53.9 Å². The van der Waals surface area contributed by atoms with Crippen molar-refractivity contribution in [1.82, 2.24) is 19.2 Å². The molecule has 11 heteroatoms. The SMILES string of the molecule is O=C([C@@H]1CCN(c2ccncc2)C(=O)C1)N1CCN(S(=O)(=O)c2ccc3c(Cl)c[nH]c3c2)CC1. The van der Waals surface area contributed by atoms with E-state index in [0.717, 1.165) is 11.1 Å². The Bertz CT molecular complexity index is 1340. The van der Waals surface area contributed by atoms with Gasteiger partial charge in [0.2, 0.25) is 21.8 Å². The number of fused-ring (bicyclic) bond motifs is 1. The molecule has 0 radical (unpaired) electrons. The smallest absolute Gasteiger partial charge is 0.243 e. The number of carbonyl (C=O) groups excluding carboxylic acids is 2. The normalized spacial score (nSPS) is 20.1. The molecule has 2 fully saturated rings. The monoisotopic (exact) mass is 501 g/mol. The van der Waals surface area contributed by atoms with Gasteiger partial charge in [-0.2, -0.15) is 4.31 Å². The van der Waals surface area contributed by atoms with Crippen LogP contribution in [0.3, 0.4) is 0 Å². The molecular formula is C23H24ClN5O4S. The van der Waals surface area contributed by atoms with Crippen LogP contribution in [0, 0.1) is 5.92 Å². The van der Waals surface area contributed by atoms with Crippen molar-refractivity contribution in [2.24, 2.45) is 5.92 Å². The number of amides is 2. The molecule has 1 atom stereocenters. The number of H-pyrrole nitrogens is 1. The van der Waals surface area contributed by atoms with E-state index in [4.69, 9.17) is 11.6 Å². The Morgan fingerprint density at radius 2 is 1.79 bits per heavy atom. The number of aromatic nitrogens is 2. The van der Waals surface area contributed by atoms with E-state index >= 15 is 0 Å². The van der Waals surface area contributed by atoms with Gasteiger partial charge in [-0.25, -0.2) is 8.42 Å². The van der Waals surface area contributed by atoms with E-state index in [0.29, 0.717) is 36.6 Å². The molecule has 178 valence electrons. The van der Waals surface area contributed by atoms with Crippen molar-refractivity contribution < 1.29 is 18.0 Å². The number of sulfonamides is 1. The van der Waals surface area contributed by atoms with E-state index in [1.807, 2.05) is 0 Å². The van der Waals surface area contributed by atoms with Crippen LogP contribution in [0.1, 0.15) is 12.8 Å². The number of rotatable bonds is 4. The van der Waals surface area contributed by atoms with E-state index < -0.39 is 10.0 Å². The van der Waals surface area contributed by atoms with Crippen LogP contribution in [0.15, 0.2) is 53.8 Å². The van der Waals surface area contributed by atoms with E-state index in [-0.39, 0.29) is 42.1 Å². The molecule has 5 rings (SSSR count). The number of carbonyl (C=O) groups is 2. The first-order valence-electron chi connectivity index (χ1n) is 11.1. The number of benzene rings is 1. The predicted molar refractivity (Wildman–Crippen MR) is 128 cm³/mol. The van der Waals surface area contributed by atoms with Gasteiger partial charge >= 0.3 is 0 Å². The summed E-state index contributed by atoms with van der Waals surface area (Å²) in [5.41, 5.74) is 1.44. The molecule has 3 aromatic rings. The standard InChI is InChI=1S/C23H24ClN5O4S/c24-20-15-26-21-14-18(1-2-19(20)21)34(32,33)28-11-9-27(10-12-28)23(31)16-5-8-29(22(30)13-16)17-3-6-25-7-4-17/h1-4,6-7,14-16,26H,5,8-13H2/t16-/m1/s1.